The molecule has 57 heavy (non-hydrogen) atoms. The highest BCUT2D eigenvalue weighted by molar-refractivity contribution is 14.1. The number of benzene rings is 2. The van der Waals surface area contributed by atoms with Crippen LogP contribution in [0.25, 0.3) is 18.2 Å². The molecule has 0 atom stereocenters. The number of nitrogens with zero attached hydrogens (tertiary/aromatic N) is 6. The first kappa shape index (κ1) is 45.3. The van der Waals surface area contributed by atoms with Crippen LogP contribution in [0.5, 0.6) is 0 Å². The molecule has 0 N–H and O–H groups in total. The van der Waals surface area contributed by atoms with Crippen LogP contribution in [-0.2, 0) is 6.54 Å². The van der Waals surface area contributed by atoms with Crippen molar-refractivity contribution in [2.75, 3.05) is 93.3 Å². The zero-order valence-corrected chi connectivity index (χ0v) is 38.4. The molecule has 1 aromatic heterocycles. The number of halogens is 1. The topological polar surface area (TPSA) is 29.2 Å². The van der Waals surface area contributed by atoms with E-state index in [9.17, 15) is 0 Å². The summed E-state index contributed by atoms with van der Waals surface area (Å²) in [6.45, 7) is 17.8. The molecular weight excluding hydrogens is 852 g/mol. The number of aromatic nitrogens is 1. The lowest BCUT2D eigenvalue weighted by molar-refractivity contribution is -0.695. The minimum atomic E-state index is 0.823. The highest BCUT2D eigenvalue weighted by Gasteiger charge is 2.16. The molecule has 2 aliphatic heterocycles. The molecule has 0 aliphatic carbocycles. The van der Waals surface area contributed by atoms with Gasteiger partial charge in [-0.2, -0.15) is 4.57 Å². The molecule has 3 aromatic rings. The van der Waals surface area contributed by atoms with Crippen molar-refractivity contribution < 1.29 is 4.57 Å². The van der Waals surface area contributed by atoms with Gasteiger partial charge in [-0.1, -0.05) is 58.0 Å². The van der Waals surface area contributed by atoms with Crippen LogP contribution in [0.15, 0.2) is 106 Å². The van der Waals surface area contributed by atoms with Gasteiger partial charge in [0.2, 0.25) is 5.69 Å². The Balaban J connectivity index is 0.874. The molecule has 0 bridgehead atoms. The van der Waals surface area contributed by atoms with E-state index < -0.39 is 0 Å². The number of anilines is 2. The zero-order chi connectivity index (χ0) is 39.8. The van der Waals surface area contributed by atoms with Gasteiger partial charge in [0, 0.05) is 96.7 Å². The number of hydrogen-bond acceptors (Lipinski definition) is 7. The van der Waals surface area contributed by atoms with Gasteiger partial charge < -0.3 is 19.6 Å². The summed E-state index contributed by atoms with van der Waals surface area (Å²) in [7, 11) is 4.19. The molecular formula is C48H66IN6S2+. The summed E-state index contributed by atoms with van der Waals surface area (Å²) in [5.41, 5.74) is 6.43. The van der Waals surface area contributed by atoms with Crippen molar-refractivity contribution in [3.05, 3.63) is 118 Å². The molecule has 6 nitrogen and oxygen atoms in total. The minimum Gasteiger partial charge on any atom is -0.370 e. The summed E-state index contributed by atoms with van der Waals surface area (Å²) in [6.07, 6.45) is 26.7. The maximum Gasteiger partial charge on any atom is 0.205 e. The molecule has 0 unspecified atom stereocenters. The Bertz CT molecular complexity index is 1720. The Morgan fingerprint density at radius 1 is 0.667 bits per heavy atom. The van der Waals surface area contributed by atoms with E-state index in [0.717, 1.165) is 45.8 Å². The van der Waals surface area contributed by atoms with Crippen LogP contribution in [0.2, 0.25) is 0 Å². The quantitative estimate of drug-likeness (QED) is 0.0264. The number of pyridine rings is 1. The van der Waals surface area contributed by atoms with E-state index in [1.807, 2.05) is 25.3 Å². The Hall–Kier alpha value is -2.83. The SMILES string of the molecule is CC/N=C/C=C\C=C(I)\C=C\c1ccc(N2CCCN(CCCCSSCCCCN3CCCN(c4ccc(/C=C/c5cccc[n+]5CC)cc4)CC3)CC2)cc1. The fourth-order valence-corrected chi connectivity index (χ4v) is 10.00. The average Bonchev–Trinajstić information content (AvgIpc) is 3.64. The predicted octanol–water partition coefficient (Wildman–Crippen LogP) is 10.8. The van der Waals surface area contributed by atoms with E-state index in [4.69, 9.17) is 0 Å². The lowest BCUT2D eigenvalue weighted by Gasteiger charge is -2.24. The zero-order valence-electron chi connectivity index (χ0n) is 34.6. The van der Waals surface area contributed by atoms with Gasteiger partial charge in [-0.25, -0.2) is 0 Å². The normalized spacial score (nSPS) is 16.8. The first-order chi connectivity index (χ1) is 28.1. The van der Waals surface area contributed by atoms with E-state index in [1.165, 1.54) is 115 Å². The minimum absolute atomic E-state index is 0.823. The molecule has 9 heteroatoms. The second-order valence-corrected chi connectivity index (χ2v) is 18.7. The molecule has 0 saturated carbocycles. The Labute approximate surface area is 366 Å². The number of aliphatic imine (C=N–C) groups is 1. The summed E-state index contributed by atoms with van der Waals surface area (Å²) in [5.74, 6) is 2.55. The van der Waals surface area contributed by atoms with Crippen molar-refractivity contribution in [3.63, 3.8) is 0 Å². The van der Waals surface area contributed by atoms with Gasteiger partial charge in [0.05, 0.1) is 0 Å². The van der Waals surface area contributed by atoms with E-state index in [2.05, 4.69) is 184 Å². The molecule has 306 valence electrons. The summed E-state index contributed by atoms with van der Waals surface area (Å²) in [6, 6.07) is 24.6. The number of allylic oxidation sites excluding steroid dienone is 5. The average molecular weight is 918 g/mol. The maximum absolute atomic E-state index is 4.21. The second-order valence-electron chi connectivity index (χ2n) is 14.8. The lowest BCUT2D eigenvalue weighted by atomic mass is 10.1. The van der Waals surface area contributed by atoms with Gasteiger partial charge in [0.25, 0.3) is 0 Å². The third-order valence-electron chi connectivity index (χ3n) is 10.6. The van der Waals surface area contributed by atoms with Crippen molar-refractivity contribution in [1.29, 1.82) is 0 Å². The van der Waals surface area contributed by atoms with E-state index >= 15 is 0 Å². The summed E-state index contributed by atoms with van der Waals surface area (Å²) in [5, 5.41) is 0. The van der Waals surface area contributed by atoms with E-state index in [0.29, 0.717) is 0 Å². The van der Waals surface area contributed by atoms with Crippen LogP contribution in [0.4, 0.5) is 11.4 Å². The molecule has 0 amide bonds. The summed E-state index contributed by atoms with van der Waals surface area (Å²) in [4.78, 5) is 14.7. The van der Waals surface area contributed by atoms with E-state index in [-0.39, 0.29) is 0 Å². The molecule has 2 aliphatic rings. The van der Waals surface area contributed by atoms with Crippen LogP contribution in [0.3, 0.4) is 0 Å². The van der Waals surface area contributed by atoms with Crippen molar-refractivity contribution >= 4 is 80.0 Å². The van der Waals surface area contributed by atoms with E-state index in [1.54, 1.807) is 0 Å². The summed E-state index contributed by atoms with van der Waals surface area (Å²) >= 11 is 2.37. The predicted molar refractivity (Wildman–Crippen MR) is 263 cm³/mol. The molecule has 2 fully saturated rings. The van der Waals surface area contributed by atoms with Gasteiger partial charge in [-0.3, -0.25) is 4.99 Å². The first-order valence-electron chi connectivity index (χ1n) is 21.4. The smallest absolute Gasteiger partial charge is 0.205 e. The van der Waals surface area contributed by atoms with Crippen molar-refractivity contribution in [2.45, 2.75) is 58.9 Å². The largest absolute Gasteiger partial charge is 0.370 e. The van der Waals surface area contributed by atoms with Crippen molar-refractivity contribution in [3.8, 4) is 0 Å². The van der Waals surface area contributed by atoms with Crippen LogP contribution >= 0.6 is 44.2 Å². The van der Waals surface area contributed by atoms with Gasteiger partial charge >= 0.3 is 0 Å². The van der Waals surface area contributed by atoms with Crippen LogP contribution in [0, 0.1) is 0 Å². The standard InChI is InChI=1S/C48H66IN6S2/c1-3-50-29-7-5-15-45(49)23-17-43-19-25-47(26-20-43)54-35-13-32-51(37-39-54)30-9-11-41-56-57-42-12-10-31-52-33-14-36-55(40-38-52)48-27-21-44(22-28-48)18-24-46-16-6-8-34-53(46)4-2/h5-8,15-29,34H,3-4,9-14,30-33,35-42H2,1-2H3/q+1/b7-5-,23-17+,45-15-,50-29+. The van der Waals surface area contributed by atoms with Crippen LogP contribution < -0.4 is 14.4 Å². The van der Waals surface area contributed by atoms with Crippen LogP contribution in [-0.4, -0.2) is 99.5 Å². The van der Waals surface area contributed by atoms with Crippen molar-refractivity contribution in [1.82, 2.24) is 9.80 Å². The molecule has 0 spiro atoms. The Morgan fingerprint density at radius 3 is 1.84 bits per heavy atom. The highest BCUT2D eigenvalue weighted by Crippen LogP contribution is 2.25. The molecule has 5 rings (SSSR count). The number of unbranched alkanes of at least 4 members (excludes halogenated alkanes) is 2. The molecule has 2 saturated heterocycles. The highest BCUT2D eigenvalue weighted by atomic mass is 127. The number of rotatable bonds is 21. The second kappa shape index (κ2) is 27.0. The third kappa shape index (κ3) is 17.1. The number of hydrogen-bond donors (Lipinski definition) is 0. The van der Waals surface area contributed by atoms with Crippen LogP contribution in [0.1, 0.15) is 69.2 Å². The third-order valence-corrected chi connectivity index (χ3v) is 13.9. The first-order valence-corrected chi connectivity index (χ1v) is 24.9. The number of aryl methyl sites for hydroxylation is 1. The summed E-state index contributed by atoms with van der Waals surface area (Å²) < 4.78 is 3.46. The molecule has 2 aromatic carbocycles. The lowest BCUT2D eigenvalue weighted by Crippen LogP contribution is -2.34. The Kier molecular flexibility index (Phi) is 21.5. The molecule has 0 radical (unpaired) electrons. The van der Waals surface area contributed by atoms with Gasteiger partial charge in [0.15, 0.2) is 6.20 Å². The Morgan fingerprint density at radius 2 is 1.26 bits per heavy atom. The fourth-order valence-electron chi connectivity index (χ4n) is 7.31. The van der Waals surface area contributed by atoms with Gasteiger partial charge in [-0.15, -0.1) is 0 Å². The van der Waals surface area contributed by atoms with Gasteiger partial charge in [-0.05, 0) is 167 Å². The maximum atomic E-state index is 4.21. The monoisotopic (exact) mass is 917 g/mol. The fraction of sp³-hybridized carbons (Fsp3) is 0.458. The van der Waals surface area contributed by atoms with Crippen molar-refractivity contribution in [2.24, 2.45) is 4.99 Å². The van der Waals surface area contributed by atoms with Gasteiger partial charge in [0.1, 0.15) is 6.54 Å². The molecule has 3 heterocycles.